The van der Waals surface area contributed by atoms with Gasteiger partial charge in [0.15, 0.2) is 0 Å². The van der Waals surface area contributed by atoms with E-state index in [2.05, 4.69) is 26.8 Å². The van der Waals surface area contributed by atoms with E-state index in [0.29, 0.717) is 12.2 Å². The van der Waals surface area contributed by atoms with Gasteiger partial charge >= 0.3 is 0 Å². The van der Waals surface area contributed by atoms with Crippen molar-refractivity contribution in [3.63, 3.8) is 0 Å². The van der Waals surface area contributed by atoms with Crippen LogP contribution in [0, 0.1) is 0 Å². The molecule has 0 fully saturated rings. The second-order valence-corrected chi connectivity index (χ2v) is 4.56. The summed E-state index contributed by atoms with van der Waals surface area (Å²) in [6.07, 6.45) is 11.9. The van der Waals surface area contributed by atoms with Gasteiger partial charge < -0.3 is 4.74 Å². The van der Waals surface area contributed by atoms with Crippen LogP contribution in [-0.4, -0.2) is 12.2 Å². The van der Waals surface area contributed by atoms with E-state index in [4.69, 9.17) is 4.74 Å². The van der Waals surface area contributed by atoms with Crippen molar-refractivity contribution in [3.05, 3.63) is 11.6 Å². The molecule has 1 rings (SSSR count). The Kier molecular flexibility index (Phi) is 6.00. The molecule has 0 aromatic carbocycles. The van der Waals surface area contributed by atoms with E-state index >= 15 is 0 Å². The van der Waals surface area contributed by atoms with Crippen LogP contribution in [0.15, 0.2) is 11.6 Å². The highest BCUT2D eigenvalue weighted by Gasteiger charge is 2.16. The molecule has 0 amide bonds. The van der Waals surface area contributed by atoms with Crippen molar-refractivity contribution in [2.75, 3.05) is 0 Å². The fourth-order valence-electron chi connectivity index (χ4n) is 2.30. The third kappa shape index (κ3) is 4.38. The Labute approximate surface area is 94.9 Å². The zero-order valence-electron chi connectivity index (χ0n) is 10.6. The Bertz CT molecular complexity index is 196. The summed E-state index contributed by atoms with van der Waals surface area (Å²) in [6, 6.07) is 0. The Morgan fingerprint density at radius 1 is 1.40 bits per heavy atom. The summed E-state index contributed by atoms with van der Waals surface area (Å²) >= 11 is 0. The molecule has 2 unspecified atom stereocenters. The fraction of sp³-hybridized carbons (Fsp3) is 0.857. The van der Waals surface area contributed by atoms with Gasteiger partial charge in [0.25, 0.3) is 0 Å². The summed E-state index contributed by atoms with van der Waals surface area (Å²) in [7, 11) is 0. The molecule has 0 heterocycles. The number of hydrogen-bond donors (Lipinski definition) is 0. The van der Waals surface area contributed by atoms with Gasteiger partial charge in [-0.05, 0) is 38.5 Å². The molecule has 2 atom stereocenters. The van der Waals surface area contributed by atoms with Gasteiger partial charge in [0, 0.05) is 0 Å². The zero-order valence-corrected chi connectivity index (χ0v) is 10.6. The van der Waals surface area contributed by atoms with Gasteiger partial charge in [0.05, 0.1) is 12.2 Å². The molecule has 1 aliphatic carbocycles. The van der Waals surface area contributed by atoms with Crippen molar-refractivity contribution < 1.29 is 4.74 Å². The van der Waals surface area contributed by atoms with Gasteiger partial charge in [-0.2, -0.15) is 0 Å². The molecule has 0 N–H and O–H groups in total. The smallest absolute Gasteiger partial charge is 0.0762 e. The van der Waals surface area contributed by atoms with Gasteiger partial charge in [-0.3, -0.25) is 0 Å². The minimum Gasteiger partial charge on any atom is -0.371 e. The SMILES string of the molecule is CCCC(CC)OC1C=C(CC)CCC1. The monoisotopic (exact) mass is 210 g/mol. The molecule has 1 aliphatic rings. The molecule has 0 aromatic heterocycles. The normalized spacial score (nSPS) is 23.7. The van der Waals surface area contributed by atoms with Crippen LogP contribution in [0.1, 0.15) is 65.7 Å². The van der Waals surface area contributed by atoms with Crippen LogP contribution in [0.5, 0.6) is 0 Å². The standard InChI is InChI=1S/C14H26O/c1-4-8-13(6-3)15-14-10-7-9-12(5-2)11-14/h11,13-14H,4-10H2,1-3H3. The molecule has 0 spiro atoms. The quantitative estimate of drug-likeness (QED) is 0.588. The van der Waals surface area contributed by atoms with E-state index < -0.39 is 0 Å². The van der Waals surface area contributed by atoms with Gasteiger partial charge in [-0.15, -0.1) is 0 Å². The molecule has 0 saturated heterocycles. The minimum atomic E-state index is 0.408. The number of allylic oxidation sites excluding steroid dienone is 1. The first-order chi connectivity index (χ1) is 7.30. The highest BCUT2D eigenvalue weighted by molar-refractivity contribution is 5.08. The van der Waals surface area contributed by atoms with Crippen molar-refractivity contribution in [2.45, 2.75) is 77.9 Å². The van der Waals surface area contributed by atoms with Crippen LogP contribution < -0.4 is 0 Å². The van der Waals surface area contributed by atoms with E-state index in [1.165, 1.54) is 38.5 Å². The van der Waals surface area contributed by atoms with Crippen molar-refractivity contribution in [1.82, 2.24) is 0 Å². The molecule has 0 aromatic rings. The first kappa shape index (κ1) is 12.8. The Morgan fingerprint density at radius 3 is 2.80 bits per heavy atom. The predicted molar refractivity (Wildman–Crippen MR) is 66.1 cm³/mol. The fourth-order valence-corrected chi connectivity index (χ4v) is 2.30. The van der Waals surface area contributed by atoms with Crippen molar-refractivity contribution >= 4 is 0 Å². The summed E-state index contributed by atoms with van der Waals surface area (Å²) in [5.41, 5.74) is 1.60. The summed E-state index contributed by atoms with van der Waals surface area (Å²) in [5.74, 6) is 0. The topological polar surface area (TPSA) is 9.23 Å². The van der Waals surface area contributed by atoms with Gasteiger partial charge in [0.1, 0.15) is 0 Å². The Morgan fingerprint density at radius 2 is 2.20 bits per heavy atom. The minimum absolute atomic E-state index is 0.408. The molecular weight excluding hydrogens is 184 g/mol. The average Bonchev–Trinajstić information content (AvgIpc) is 2.29. The van der Waals surface area contributed by atoms with Crippen LogP contribution in [0.2, 0.25) is 0 Å². The summed E-state index contributed by atoms with van der Waals surface area (Å²) in [4.78, 5) is 0. The summed E-state index contributed by atoms with van der Waals surface area (Å²) in [6.45, 7) is 6.71. The number of ether oxygens (including phenoxy) is 1. The maximum atomic E-state index is 6.14. The predicted octanol–water partition coefficient (Wildman–Crippen LogP) is 4.47. The largest absolute Gasteiger partial charge is 0.371 e. The Balaban J connectivity index is 2.42. The van der Waals surface area contributed by atoms with E-state index in [0.717, 1.165) is 6.42 Å². The molecule has 0 saturated carbocycles. The molecular formula is C14H26O. The number of hydrogen-bond acceptors (Lipinski definition) is 1. The van der Waals surface area contributed by atoms with Crippen LogP contribution in [0.3, 0.4) is 0 Å². The van der Waals surface area contributed by atoms with Crippen LogP contribution >= 0.6 is 0 Å². The molecule has 0 aliphatic heterocycles. The highest BCUT2D eigenvalue weighted by Crippen LogP contribution is 2.24. The molecule has 1 heteroatoms. The van der Waals surface area contributed by atoms with E-state index in [1.807, 2.05) is 0 Å². The van der Waals surface area contributed by atoms with Crippen LogP contribution in [0.4, 0.5) is 0 Å². The summed E-state index contributed by atoms with van der Waals surface area (Å²) in [5, 5.41) is 0. The van der Waals surface area contributed by atoms with Crippen LogP contribution in [0.25, 0.3) is 0 Å². The lowest BCUT2D eigenvalue weighted by Gasteiger charge is -2.25. The average molecular weight is 210 g/mol. The molecule has 0 bridgehead atoms. The molecule has 0 radical (unpaired) electrons. The summed E-state index contributed by atoms with van der Waals surface area (Å²) < 4.78 is 6.14. The lowest BCUT2D eigenvalue weighted by atomic mass is 9.95. The first-order valence-electron chi connectivity index (χ1n) is 6.65. The van der Waals surface area contributed by atoms with Crippen molar-refractivity contribution in [3.8, 4) is 0 Å². The second-order valence-electron chi connectivity index (χ2n) is 4.56. The van der Waals surface area contributed by atoms with Gasteiger partial charge in [-0.25, -0.2) is 0 Å². The molecule has 15 heavy (non-hydrogen) atoms. The number of rotatable bonds is 6. The maximum absolute atomic E-state index is 6.14. The molecule has 1 nitrogen and oxygen atoms in total. The highest BCUT2D eigenvalue weighted by atomic mass is 16.5. The first-order valence-corrected chi connectivity index (χ1v) is 6.65. The van der Waals surface area contributed by atoms with Crippen molar-refractivity contribution in [1.29, 1.82) is 0 Å². The third-order valence-electron chi connectivity index (χ3n) is 3.30. The molecule has 88 valence electrons. The lowest BCUT2D eigenvalue weighted by molar-refractivity contribution is -0.00111. The van der Waals surface area contributed by atoms with E-state index in [1.54, 1.807) is 5.57 Å². The zero-order chi connectivity index (χ0) is 11.1. The second kappa shape index (κ2) is 7.05. The van der Waals surface area contributed by atoms with E-state index in [-0.39, 0.29) is 0 Å². The van der Waals surface area contributed by atoms with Crippen LogP contribution in [-0.2, 0) is 4.74 Å². The van der Waals surface area contributed by atoms with Gasteiger partial charge in [0.2, 0.25) is 0 Å². The van der Waals surface area contributed by atoms with Crippen molar-refractivity contribution in [2.24, 2.45) is 0 Å². The van der Waals surface area contributed by atoms with E-state index in [9.17, 15) is 0 Å². The third-order valence-corrected chi connectivity index (χ3v) is 3.30. The Hall–Kier alpha value is -0.300. The maximum Gasteiger partial charge on any atom is 0.0762 e. The van der Waals surface area contributed by atoms with Gasteiger partial charge in [-0.1, -0.05) is 38.8 Å². The lowest BCUT2D eigenvalue weighted by Crippen LogP contribution is -2.22.